The number of rotatable bonds is 10. The van der Waals surface area contributed by atoms with Crippen molar-refractivity contribution in [1.82, 2.24) is 15.5 Å². The molecule has 2 rings (SSSR count). The number of primary amides is 1. The first-order chi connectivity index (χ1) is 15.5. The highest BCUT2D eigenvalue weighted by atomic mass is 16.4. The first-order valence-corrected chi connectivity index (χ1v) is 10.5. The molecule has 0 bridgehead atoms. The second-order valence-corrected chi connectivity index (χ2v) is 7.98. The number of aliphatic carboxylic acids is 1. The molecule has 12 nitrogen and oxygen atoms in total. The van der Waals surface area contributed by atoms with Crippen LogP contribution in [0.1, 0.15) is 31.7 Å². The van der Waals surface area contributed by atoms with Crippen LogP contribution in [0.5, 0.6) is 5.75 Å². The zero-order valence-electron chi connectivity index (χ0n) is 18.2. The second kappa shape index (κ2) is 11.3. The van der Waals surface area contributed by atoms with E-state index in [4.69, 9.17) is 11.5 Å². The minimum Gasteiger partial charge on any atom is -0.508 e. The Morgan fingerprint density at radius 3 is 2.30 bits per heavy atom. The third-order valence-corrected chi connectivity index (χ3v) is 5.26. The van der Waals surface area contributed by atoms with E-state index in [2.05, 4.69) is 10.6 Å². The van der Waals surface area contributed by atoms with Gasteiger partial charge < -0.3 is 37.2 Å². The summed E-state index contributed by atoms with van der Waals surface area (Å²) in [4.78, 5) is 62.3. The molecule has 1 fully saturated rings. The number of carboxylic acid groups (broad SMARTS) is 1. The number of phenolic OH excluding ortho intramolecular Hbond substituents is 1. The average Bonchev–Trinajstić information content (AvgIpc) is 3.23. The van der Waals surface area contributed by atoms with Crippen molar-refractivity contribution >= 4 is 29.6 Å². The highest BCUT2D eigenvalue weighted by molar-refractivity contribution is 5.96. The first kappa shape index (κ1) is 25.6. The van der Waals surface area contributed by atoms with E-state index in [0.717, 1.165) is 0 Å². The molecule has 4 amide bonds. The van der Waals surface area contributed by atoms with Gasteiger partial charge in [-0.2, -0.15) is 0 Å². The lowest BCUT2D eigenvalue weighted by molar-refractivity contribution is -0.143. The van der Waals surface area contributed by atoms with E-state index in [0.29, 0.717) is 24.9 Å². The second-order valence-electron chi connectivity index (χ2n) is 7.98. The molecule has 1 aromatic carbocycles. The Morgan fingerprint density at radius 2 is 1.76 bits per heavy atom. The third kappa shape index (κ3) is 7.17. The predicted octanol–water partition coefficient (Wildman–Crippen LogP) is -1.80. The van der Waals surface area contributed by atoms with Gasteiger partial charge in [0.2, 0.25) is 23.6 Å². The van der Waals surface area contributed by atoms with Crippen LogP contribution in [0.3, 0.4) is 0 Å². The van der Waals surface area contributed by atoms with Gasteiger partial charge in [0.25, 0.3) is 0 Å². The summed E-state index contributed by atoms with van der Waals surface area (Å²) in [6.07, 6.45) is 0.264. The van der Waals surface area contributed by atoms with Crippen LogP contribution < -0.4 is 22.1 Å². The minimum absolute atomic E-state index is 0.00219. The largest absolute Gasteiger partial charge is 0.508 e. The molecule has 0 spiro atoms. The van der Waals surface area contributed by atoms with Crippen LogP contribution in [0.25, 0.3) is 0 Å². The maximum Gasteiger partial charge on any atom is 0.326 e. The number of nitrogens with one attached hydrogen (secondary N) is 2. The van der Waals surface area contributed by atoms with Crippen molar-refractivity contribution in [3.8, 4) is 5.75 Å². The van der Waals surface area contributed by atoms with Crippen molar-refractivity contribution in [2.45, 2.75) is 56.8 Å². The van der Waals surface area contributed by atoms with Gasteiger partial charge >= 0.3 is 5.97 Å². The van der Waals surface area contributed by atoms with E-state index >= 15 is 0 Å². The number of amides is 4. The van der Waals surface area contributed by atoms with Crippen LogP contribution in [0.2, 0.25) is 0 Å². The Morgan fingerprint density at radius 1 is 1.12 bits per heavy atom. The van der Waals surface area contributed by atoms with E-state index in [1.165, 1.54) is 36.1 Å². The van der Waals surface area contributed by atoms with Crippen LogP contribution in [0.15, 0.2) is 24.3 Å². The third-order valence-electron chi connectivity index (χ3n) is 5.26. The van der Waals surface area contributed by atoms with Gasteiger partial charge in [0.05, 0.1) is 12.5 Å². The molecule has 0 saturated carbocycles. The Hall–Kier alpha value is -3.67. The zero-order valence-corrected chi connectivity index (χ0v) is 18.2. The highest BCUT2D eigenvalue weighted by Crippen LogP contribution is 2.19. The Bertz CT molecular complexity index is 903. The number of nitrogens with two attached hydrogens (primary N) is 2. The Balaban J connectivity index is 2.12. The van der Waals surface area contributed by atoms with Crippen molar-refractivity contribution in [2.75, 3.05) is 6.54 Å². The molecule has 1 heterocycles. The molecule has 4 unspecified atom stereocenters. The van der Waals surface area contributed by atoms with Gasteiger partial charge in [-0.05, 0) is 37.5 Å². The fourth-order valence-electron chi connectivity index (χ4n) is 3.58. The van der Waals surface area contributed by atoms with Gasteiger partial charge in [0, 0.05) is 13.0 Å². The smallest absolute Gasteiger partial charge is 0.326 e. The molecule has 0 aliphatic carbocycles. The fourth-order valence-corrected chi connectivity index (χ4v) is 3.58. The van der Waals surface area contributed by atoms with E-state index in [1.807, 2.05) is 0 Å². The van der Waals surface area contributed by atoms with Crippen molar-refractivity contribution < 1.29 is 34.2 Å². The lowest BCUT2D eigenvalue weighted by Crippen LogP contribution is -2.57. The SMILES string of the molecule is CC(N)C(=O)N1CCCC1C(=O)NC(CC(N)=O)C(=O)NC(Cc1ccc(O)cc1)C(=O)O. The minimum atomic E-state index is -1.43. The number of aromatic hydroxyl groups is 1. The summed E-state index contributed by atoms with van der Waals surface area (Å²) in [5.41, 5.74) is 11.4. The first-order valence-electron chi connectivity index (χ1n) is 10.5. The summed E-state index contributed by atoms with van der Waals surface area (Å²) >= 11 is 0. The van der Waals surface area contributed by atoms with Gasteiger partial charge in [-0.25, -0.2) is 4.79 Å². The molecule has 12 heteroatoms. The number of carbonyl (C=O) groups excluding carboxylic acids is 4. The average molecular weight is 463 g/mol. The molecule has 1 saturated heterocycles. The van der Waals surface area contributed by atoms with E-state index in [9.17, 15) is 34.2 Å². The summed E-state index contributed by atoms with van der Waals surface area (Å²) in [5, 5.41) is 23.6. The number of benzene rings is 1. The van der Waals surface area contributed by atoms with Gasteiger partial charge in [-0.15, -0.1) is 0 Å². The maximum absolute atomic E-state index is 12.8. The van der Waals surface area contributed by atoms with Gasteiger partial charge in [0.15, 0.2) is 0 Å². The van der Waals surface area contributed by atoms with E-state index in [1.54, 1.807) is 0 Å². The standard InChI is InChI=1S/C21H29N5O7/c1-11(22)20(31)26-8-2-3-16(26)19(30)24-14(10-17(23)28)18(29)25-15(21(32)33)9-12-4-6-13(27)7-5-12/h4-7,11,14-16,27H,2-3,8-10,22H2,1H3,(H2,23,28)(H,24,30)(H,25,29)(H,32,33). The van der Waals surface area contributed by atoms with Crippen molar-refractivity contribution in [3.63, 3.8) is 0 Å². The predicted molar refractivity (Wildman–Crippen MR) is 116 cm³/mol. The summed E-state index contributed by atoms with van der Waals surface area (Å²) < 4.78 is 0. The molecule has 4 atom stereocenters. The zero-order chi connectivity index (χ0) is 24.7. The number of hydrogen-bond donors (Lipinski definition) is 6. The van der Waals surface area contributed by atoms with Gasteiger partial charge in [-0.1, -0.05) is 12.1 Å². The van der Waals surface area contributed by atoms with Gasteiger partial charge in [-0.3, -0.25) is 19.2 Å². The molecule has 180 valence electrons. The summed E-state index contributed by atoms with van der Waals surface area (Å²) in [7, 11) is 0. The molecule has 1 aliphatic rings. The topological polar surface area (TPSA) is 205 Å². The maximum atomic E-state index is 12.8. The van der Waals surface area contributed by atoms with Crippen LogP contribution >= 0.6 is 0 Å². The molecule has 33 heavy (non-hydrogen) atoms. The number of carbonyl (C=O) groups is 5. The fraction of sp³-hybridized carbons (Fsp3) is 0.476. The summed E-state index contributed by atoms with van der Waals surface area (Å²) in [6, 6.07) is 1.31. The quantitative estimate of drug-likeness (QED) is 0.233. The molecular weight excluding hydrogens is 434 g/mol. The van der Waals surface area contributed by atoms with Crippen molar-refractivity contribution in [3.05, 3.63) is 29.8 Å². The molecular formula is C21H29N5O7. The van der Waals surface area contributed by atoms with Gasteiger partial charge in [0.1, 0.15) is 23.9 Å². The number of likely N-dealkylation sites (tertiary alicyclic amines) is 1. The summed E-state index contributed by atoms with van der Waals surface area (Å²) in [5.74, 6) is -4.18. The number of carboxylic acids is 1. The lowest BCUT2D eigenvalue weighted by atomic mass is 10.0. The molecule has 1 aliphatic heterocycles. The van der Waals surface area contributed by atoms with E-state index < -0.39 is 60.2 Å². The summed E-state index contributed by atoms with van der Waals surface area (Å²) in [6.45, 7) is 1.83. The normalized spacial score (nSPS) is 18.1. The molecule has 0 aromatic heterocycles. The van der Waals surface area contributed by atoms with Crippen LogP contribution in [-0.4, -0.2) is 75.4 Å². The number of phenols is 1. The Kier molecular flexibility index (Phi) is 8.74. The number of hydrogen-bond acceptors (Lipinski definition) is 7. The number of nitrogens with zero attached hydrogens (tertiary/aromatic N) is 1. The van der Waals surface area contributed by atoms with Crippen LogP contribution in [-0.2, 0) is 30.4 Å². The molecule has 0 radical (unpaired) electrons. The lowest BCUT2D eigenvalue weighted by Gasteiger charge is -2.27. The molecule has 1 aromatic rings. The van der Waals surface area contributed by atoms with Crippen molar-refractivity contribution in [1.29, 1.82) is 0 Å². The van der Waals surface area contributed by atoms with E-state index in [-0.39, 0.29) is 12.2 Å². The van der Waals surface area contributed by atoms with Crippen LogP contribution in [0.4, 0.5) is 0 Å². The van der Waals surface area contributed by atoms with Crippen LogP contribution in [0, 0.1) is 0 Å². The molecule has 8 N–H and O–H groups in total. The van der Waals surface area contributed by atoms with Crippen molar-refractivity contribution in [2.24, 2.45) is 11.5 Å². The highest BCUT2D eigenvalue weighted by Gasteiger charge is 2.37. The Labute approximate surface area is 190 Å². The monoisotopic (exact) mass is 463 g/mol.